The first-order valence-corrected chi connectivity index (χ1v) is 22.1. The molecule has 0 aromatic heterocycles. The number of unbranched alkanes of at least 4 members (excludes halogenated alkanes) is 9. The Kier molecular flexibility index (Phi) is 21.7. The fourth-order valence-electron chi connectivity index (χ4n) is 8.43. The molecule has 3 fully saturated rings. The quantitative estimate of drug-likeness (QED) is 0.0260. The van der Waals surface area contributed by atoms with Gasteiger partial charge in [-0.25, -0.2) is 14.4 Å². The van der Waals surface area contributed by atoms with Gasteiger partial charge in [-0.05, 0) is 13.0 Å². The fourth-order valence-corrected chi connectivity index (χ4v) is 8.43. The Morgan fingerprint density at radius 3 is 1.65 bits per heavy atom. The Labute approximate surface area is 375 Å². The number of rotatable bonds is 28. The Balaban J connectivity index is 1.82. The van der Waals surface area contributed by atoms with Crippen LogP contribution in [0.4, 0.5) is 0 Å². The van der Waals surface area contributed by atoms with E-state index in [9.17, 15) is 80.5 Å². The Morgan fingerprint density at radius 2 is 1.17 bits per heavy atom. The second-order valence-electron chi connectivity index (χ2n) is 17.4. The number of carboxylic acids is 3. The molecule has 0 saturated carbocycles. The van der Waals surface area contributed by atoms with Crippen molar-refractivity contribution in [2.24, 2.45) is 11.5 Å². The van der Waals surface area contributed by atoms with E-state index in [1.54, 1.807) is 0 Å². The summed E-state index contributed by atoms with van der Waals surface area (Å²) in [6.07, 6.45) is -12.9. The highest BCUT2D eigenvalue weighted by Gasteiger charge is 2.61. The van der Waals surface area contributed by atoms with Crippen molar-refractivity contribution in [2.75, 3.05) is 26.3 Å². The van der Waals surface area contributed by atoms with Crippen LogP contribution in [0.1, 0.15) is 104 Å². The molecule has 0 aromatic rings. The van der Waals surface area contributed by atoms with E-state index in [0.717, 1.165) is 39.0 Å². The van der Waals surface area contributed by atoms with Gasteiger partial charge in [0.15, 0.2) is 0 Å². The predicted molar refractivity (Wildman–Crippen MR) is 220 cm³/mol. The minimum absolute atomic E-state index is 0.163. The lowest BCUT2D eigenvalue weighted by Gasteiger charge is -2.50. The number of hydrogen-bond donors (Lipinski definition) is 16. The average Bonchev–Trinajstić information content (AvgIpc) is 3.23. The second-order valence-corrected chi connectivity index (χ2v) is 17.4. The van der Waals surface area contributed by atoms with Crippen molar-refractivity contribution in [1.29, 1.82) is 0 Å². The van der Waals surface area contributed by atoms with Crippen molar-refractivity contribution in [3.63, 3.8) is 0 Å². The Hall–Kier alpha value is -2.80. The third-order valence-electron chi connectivity index (χ3n) is 12.0. The van der Waals surface area contributed by atoms with Gasteiger partial charge in [0.05, 0.1) is 56.1 Å². The van der Waals surface area contributed by atoms with Crippen LogP contribution in [0.3, 0.4) is 0 Å². The minimum atomic E-state index is -3.18. The van der Waals surface area contributed by atoms with Gasteiger partial charge in [0, 0.05) is 32.7 Å². The number of nitrogens with two attached hydrogens (primary N) is 2. The number of nitrogens with one attached hydrogen (secondary N) is 2. The van der Waals surface area contributed by atoms with E-state index in [4.69, 9.17) is 35.2 Å². The Bertz CT molecular complexity index is 1540. The van der Waals surface area contributed by atoms with Crippen LogP contribution in [0.25, 0.3) is 0 Å². The Morgan fingerprint density at radius 1 is 0.692 bits per heavy atom. The molecule has 16 unspecified atom stereocenters. The maximum Gasteiger partial charge on any atom is 0.364 e. The highest BCUT2D eigenvalue weighted by atomic mass is 16.8. The van der Waals surface area contributed by atoms with Crippen molar-refractivity contribution >= 4 is 23.8 Å². The summed E-state index contributed by atoms with van der Waals surface area (Å²) in [6, 6.07) is -3.42. The molecule has 25 heteroatoms. The van der Waals surface area contributed by atoms with Crippen LogP contribution in [0, 0.1) is 0 Å². The number of aliphatic hydroxyl groups excluding tert-OH is 7. The van der Waals surface area contributed by atoms with E-state index in [-0.39, 0.29) is 6.54 Å². The maximum absolute atomic E-state index is 13.1. The molecule has 3 saturated heterocycles. The zero-order chi connectivity index (χ0) is 48.9. The summed E-state index contributed by atoms with van der Waals surface area (Å²) in [5.74, 6) is -16.2. The molecular formula is C40H72N4O21. The van der Waals surface area contributed by atoms with Gasteiger partial charge in [0.1, 0.15) is 42.3 Å². The van der Waals surface area contributed by atoms with Crippen LogP contribution >= 0.6 is 0 Å². The molecule has 378 valence electrons. The first-order chi connectivity index (χ1) is 30.4. The van der Waals surface area contributed by atoms with Crippen molar-refractivity contribution in [2.45, 2.75) is 200 Å². The summed E-state index contributed by atoms with van der Waals surface area (Å²) in [5.41, 5.74) is 9.59. The number of carboxylic acid groups (broad SMARTS) is 3. The number of amides is 1. The summed E-state index contributed by atoms with van der Waals surface area (Å²) in [5, 5.41) is 134. The molecule has 3 heterocycles. The lowest BCUT2D eigenvalue weighted by Crippen LogP contribution is -2.70. The number of ether oxygens (including phenoxy) is 5. The summed E-state index contributed by atoms with van der Waals surface area (Å²) >= 11 is 0. The van der Waals surface area contributed by atoms with Crippen molar-refractivity contribution in [3.8, 4) is 0 Å². The molecule has 3 aliphatic heterocycles. The molecule has 18 N–H and O–H groups in total. The molecule has 0 radical (unpaired) electrons. The summed E-state index contributed by atoms with van der Waals surface area (Å²) in [6.45, 7) is 0.893. The van der Waals surface area contributed by atoms with Gasteiger partial charge in [-0.2, -0.15) is 0 Å². The molecule has 65 heavy (non-hydrogen) atoms. The maximum atomic E-state index is 13.1. The number of carbonyl (C=O) groups is 4. The van der Waals surface area contributed by atoms with Gasteiger partial charge in [-0.1, -0.05) is 64.7 Å². The summed E-state index contributed by atoms with van der Waals surface area (Å²) in [4.78, 5) is 49.8. The molecule has 0 aliphatic carbocycles. The van der Waals surface area contributed by atoms with Gasteiger partial charge in [-0.3, -0.25) is 4.79 Å². The van der Waals surface area contributed by atoms with E-state index in [1.165, 1.54) is 32.1 Å². The number of aliphatic hydroxyl groups is 9. The first kappa shape index (κ1) is 56.5. The van der Waals surface area contributed by atoms with Crippen LogP contribution in [0.2, 0.25) is 0 Å². The van der Waals surface area contributed by atoms with E-state index >= 15 is 0 Å². The van der Waals surface area contributed by atoms with Gasteiger partial charge < -0.3 is 107 Å². The highest BCUT2D eigenvalue weighted by molar-refractivity contribution is 5.78. The lowest BCUT2D eigenvalue weighted by atomic mass is 9.87. The monoisotopic (exact) mass is 944 g/mol. The van der Waals surface area contributed by atoms with Crippen LogP contribution < -0.4 is 22.1 Å². The van der Waals surface area contributed by atoms with E-state index in [0.29, 0.717) is 6.54 Å². The molecule has 0 spiro atoms. The summed E-state index contributed by atoms with van der Waals surface area (Å²) < 4.78 is 27.7. The zero-order valence-corrected chi connectivity index (χ0v) is 36.9. The average molecular weight is 945 g/mol. The van der Waals surface area contributed by atoms with Crippen LogP contribution in [0.15, 0.2) is 0 Å². The molecular weight excluding hydrogens is 872 g/mol. The van der Waals surface area contributed by atoms with Crippen LogP contribution in [-0.4, -0.2) is 208 Å². The normalized spacial score (nSPS) is 35.4. The smallest absolute Gasteiger partial charge is 0.364 e. The topological polar surface area (TPSA) is 433 Å². The highest BCUT2D eigenvalue weighted by Crippen LogP contribution is 2.41. The predicted octanol–water partition coefficient (Wildman–Crippen LogP) is -4.37. The number of carbonyl (C=O) groups excluding carboxylic acids is 1. The number of aliphatic carboxylic acids is 3. The van der Waals surface area contributed by atoms with Crippen LogP contribution in [0.5, 0.6) is 0 Å². The third kappa shape index (κ3) is 14.8. The number of hydrogen-bond acceptors (Lipinski definition) is 21. The fraction of sp³-hybridized carbons (Fsp3) is 0.900. The molecule has 3 aliphatic rings. The molecule has 16 atom stereocenters. The van der Waals surface area contributed by atoms with Crippen LogP contribution in [-0.2, 0) is 42.9 Å². The molecule has 0 aromatic carbocycles. The molecule has 3 rings (SSSR count). The van der Waals surface area contributed by atoms with Crippen molar-refractivity contribution in [1.82, 2.24) is 10.6 Å². The minimum Gasteiger partial charge on any atom is -0.477 e. The van der Waals surface area contributed by atoms with E-state index < -0.39 is 159 Å². The van der Waals surface area contributed by atoms with E-state index in [2.05, 4.69) is 17.6 Å². The molecule has 0 bridgehead atoms. The summed E-state index contributed by atoms with van der Waals surface area (Å²) in [7, 11) is 0. The van der Waals surface area contributed by atoms with E-state index in [1.807, 2.05) is 0 Å². The molecule has 25 nitrogen and oxygen atoms in total. The van der Waals surface area contributed by atoms with Gasteiger partial charge in [0.25, 0.3) is 17.4 Å². The van der Waals surface area contributed by atoms with Gasteiger partial charge in [-0.15, -0.1) is 0 Å². The largest absolute Gasteiger partial charge is 0.477 e. The molecule has 1 amide bonds. The van der Waals surface area contributed by atoms with Crippen molar-refractivity contribution < 1.29 is 104 Å². The first-order valence-electron chi connectivity index (χ1n) is 22.1. The zero-order valence-electron chi connectivity index (χ0n) is 36.9. The standard InChI is InChI=1S/C40H72N4O21/c1-3-4-5-6-7-8-9-10-11-12-13-43-17-24(50)25-16-37(59,44-21(2)47)20-40(61-25,36(57)58)63-27(19-46)31(52)33-29(42)23(49)15-39(65-33,35(55)56)62-26(18-45)30(51)32-28(41)22(48)14-38(60,64-32)34(53)54/h22-33,43,45-46,48-52,59-60H,3-20,41-42H2,1-2H3,(H,44,47)(H,53,54)(H,55,56)(H,57,58). The second kappa shape index (κ2) is 25.0. The lowest BCUT2D eigenvalue weighted by molar-refractivity contribution is -0.357. The third-order valence-corrected chi connectivity index (χ3v) is 12.0. The van der Waals surface area contributed by atoms with Gasteiger partial charge in [0.2, 0.25) is 5.91 Å². The SMILES string of the molecule is CCCCCCCCCCCCNCC(O)C1CC(O)(NC(C)=O)CC(OC(CO)C(O)C2OC(OC(CO)C(O)C3OC(O)(C(=O)O)CC(O)C3N)(C(=O)O)CC(O)C2N)(C(=O)O)O1. The van der Waals surface area contributed by atoms with Crippen molar-refractivity contribution in [3.05, 3.63) is 0 Å². The van der Waals surface area contributed by atoms with Gasteiger partial charge >= 0.3 is 17.9 Å².